The molecule has 1 aliphatic carbocycles. The quantitative estimate of drug-likeness (QED) is 0.848. The highest BCUT2D eigenvalue weighted by atomic mass is 16.3. The summed E-state index contributed by atoms with van der Waals surface area (Å²) < 4.78 is 0. The van der Waals surface area contributed by atoms with Gasteiger partial charge in [-0.2, -0.15) is 0 Å². The standard InChI is InChI=1S/C23H34N4O2/c28-20-7-4-18(5-8-20)27-15-11-23(22(27)29)10-3-14-26(17-23)21-9-6-19(16-24-21)25-12-1-2-13-25/h6,9,16,18,20,28H,1-5,7-8,10-15,17H2/t18?,20?,23-/m1/s1. The summed E-state index contributed by atoms with van der Waals surface area (Å²) in [6.45, 7) is 4.94. The van der Waals surface area contributed by atoms with Gasteiger partial charge in [-0.15, -0.1) is 0 Å². The normalized spacial score (nSPS) is 33.1. The third-order valence-electron chi connectivity index (χ3n) is 7.76. The fourth-order valence-electron chi connectivity index (χ4n) is 6.00. The van der Waals surface area contributed by atoms with E-state index in [-0.39, 0.29) is 11.5 Å². The molecule has 0 radical (unpaired) electrons. The van der Waals surface area contributed by atoms with Gasteiger partial charge in [-0.1, -0.05) is 0 Å². The van der Waals surface area contributed by atoms with Gasteiger partial charge in [0.05, 0.1) is 23.4 Å². The number of hydrogen-bond donors (Lipinski definition) is 1. The highest BCUT2D eigenvalue weighted by Crippen LogP contribution is 2.43. The molecule has 0 unspecified atom stereocenters. The van der Waals surface area contributed by atoms with Crippen LogP contribution in [0.15, 0.2) is 18.3 Å². The Bertz CT molecular complexity index is 725. The van der Waals surface area contributed by atoms with Gasteiger partial charge in [0.1, 0.15) is 5.82 Å². The van der Waals surface area contributed by atoms with Crippen LogP contribution in [-0.2, 0) is 4.79 Å². The molecule has 1 aromatic rings. The van der Waals surface area contributed by atoms with Crippen LogP contribution in [0, 0.1) is 5.41 Å². The molecule has 1 amide bonds. The van der Waals surface area contributed by atoms with E-state index in [2.05, 4.69) is 26.8 Å². The van der Waals surface area contributed by atoms with Crippen LogP contribution in [-0.4, -0.2) is 65.8 Å². The molecule has 158 valence electrons. The first-order chi connectivity index (χ1) is 14.1. The van der Waals surface area contributed by atoms with Gasteiger partial charge in [-0.3, -0.25) is 4.79 Å². The molecule has 4 aliphatic rings. The number of aliphatic hydroxyl groups excluding tert-OH is 1. The van der Waals surface area contributed by atoms with E-state index in [4.69, 9.17) is 4.98 Å². The Morgan fingerprint density at radius 1 is 0.931 bits per heavy atom. The zero-order valence-corrected chi connectivity index (χ0v) is 17.4. The van der Waals surface area contributed by atoms with Crippen molar-refractivity contribution in [3.8, 4) is 0 Å². The number of aromatic nitrogens is 1. The lowest BCUT2D eigenvalue weighted by molar-refractivity contribution is -0.139. The molecule has 6 nitrogen and oxygen atoms in total. The number of piperidine rings is 1. The van der Waals surface area contributed by atoms with Crippen molar-refractivity contribution in [3.05, 3.63) is 18.3 Å². The van der Waals surface area contributed by atoms with Gasteiger partial charge in [0, 0.05) is 38.8 Å². The number of carbonyl (C=O) groups excluding carboxylic acids is 1. The number of likely N-dealkylation sites (tertiary alicyclic amines) is 1. The Morgan fingerprint density at radius 3 is 2.41 bits per heavy atom. The fourth-order valence-corrected chi connectivity index (χ4v) is 6.00. The van der Waals surface area contributed by atoms with E-state index in [0.29, 0.717) is 11.9 Å². The number of hydrogen-bond acceptors (Lipinski definition) is 5. The van der Waals surface area contributed by atoms with Gasteiger partial charge in [0.25, 0.3) is 0 Å². The molecule has 0 aromatic carbocycles. The summed E-state index contributed by atoms with van der Waals surface area (Å²) >= 11 is 0. The first-order valence-electron chi connectivity index (χ1n) is 11.6. The van der Waals surface area contributed by atoms with E-state index in [9.17, 15) is 9.90 Å². The highest BCUT2D eigenvalue weighted by molar-refractivity contribution is 5.86. The lowest BCUT2D eigenvalue weighted by atomic mass is 9.78. The number of amides is 1. The molecule has 5 rings (SSSR count). The minimum Gasteiger partial charge on any atom is -0.393 e. The van der Waals surface area contributed by atoms with Gasteiger partial charge in [-0.25, -0.2) is 4.98 Å². The van der Waals surface area contributed by atoms with Crippen LogP contribution in [0.5, 0.6) is 0 Å². The predicted octanol–water partition coefficient (Wildman–Crippen LogP) is 2.80. The van der Waals surface area contributed by atoms with Gasteiger partial charge in [0.15, 0.2) is 0 Å². The lowest BCUT2D eigenvalue weighted by Gasteiger charge is -2.41. The van der Waals surface area contributed by atoms with Crippen LogP contribution < -0.4 is 9.80 Å². The molecule has 3 aliphatic heterocycles. The molecule has 1 aromatic heterocycles. The Labute approximate surface area is 173 Å². The molecular formula is C23H34N4O2. The minimum absolute atomic E-state index is 0.169. The number of rotatable bonds is 3. The molecule has 0 bridgehead atoms. The fraction of sp³-hybridized carbons (Fsp3) is 0.739. The number of carbonyl (C=O) groups is 1. The van der Waals surface area contributed by atoms with E-state index in [1.165, 1.54) is 18.5 Å². The Morgan fingerprint density at radius 2 is 1.69 bits per heavy atom. The molecule has 29 heavy (non-hydrogen) atoms. The third kappa shape index (κ3) is 3.60. The topological polar surface area (TPSA) is 59.9 Å². The summed E-state index contributed by atoms with van der Waals surface area (Å²) in [5.41, 5.74) is 0.990. The Balaban J connectivity index is 1.27. The average Bonchev–Trinajstić information content (AvgIpc) is 3.39. The second-order valence-electron chi connectivity index (χ2n) is 9.59. The number of nitrogens with zero attached hydrogens (tertiary/aromatic N) is 4. The second-order valence-corrected chi connectivity index (χ2v) is 9.59. The molecule has 4 fully saturated rings. The van der Waals surface area contributed by atoms with Crippen LogP contribution in [0.25, 0.3) is 0 Å². The van der Waals surface area contributed by atoms with Crippen molar-refractivity contribution in [1.82, 2.24) is 9.88 Å². The molecule has 6 heteroatoms. The molecular weight excluding hydrogens is 364 g/mol. The summed E-state index contributed by atoms with van der Waals surface area (Å²) in [6, 6.07) is 4.68. The molecule has 1 atom stereocenters. The van der Waals surface area contributed by atoms with Crippen LogP contribution in [0.2, 0.25) is 0 Å². The van der Waals surface area contributed by atoms with Crippen molar-refractivity contribution in [3.63, 3.8) is 0 Å². The van der Waals surface area contributed by atoms with Crippen molar-refractivity contribution in [2.75, 3.05) is 42.5 Å². The van der Waals surface area contributed by atoms with Crippen molar-refractivity contribution in [2.24, 2.45) is 5.41 Å². The van der Waals surface area contributed by atoms with Crippen molar-refractivity contribution in [2.45, 2.75) is 69.9 Å². The van der Waals surface area contributed by atoms with Gasteiger partial charge in [-0.05, 0) is 69.9 Å². The van der Waals surface area contributed by atoms with Gasteiger partial charge in [0.2, 0.25) is 5.91 Å². The maximum atomic E-state index is 13.5. The van der Waals surface area contributed by atoms with E-state index in [1.54, 1.807) is 0 Å². The Kier molecular flexibility index (Phi) is 5.14. The predicted molar refractivity (Wildman–Crippen MR) is 114 cm³/mol. The lowest BCUT2D eigenvalue weighted by Crippen LogP contribution is -2.50. The largest absolute Gasteiger partial charge is 0.393 e. The number of aliphatic hydroxyl groups is 1. The van der Waals surface area contributed by atoms with Gasteiger partial charge < -0.3 is 19.8 Å². The van der Waals surface area contributed by atoms with Crippen molar-refractivity contribution >= 4 is 17.4 Å². The third-order valence-corrected chi connectivity index (χ3v) is 7.76. The molecule has 1 saturated carbocycles. The molecule has 4 heterocycles. The summed E-state index contributed by atoms with van der Waals surface area (Å²) in [5.74, 6) is 1.37. The summed E-state index contributed by atoms with van der Waals surface area (Å²) in [6.07, 6.45) is 11.0. The second kappa shape index (κ2) is 7.78. The molecule has 1 spiro atoms. The maximum absolute atomic E-state index is 13.5. The van der Waals surface area contributed by atoms with E-state index in [1.807, 2.05) is 6.20 Å². The Hall–Kier alpha value is -1.82. The number of anilines is 2. The summed E-state index contributed by atoms with van der Waals surface area (Å²) in [4.78, 5) is 25.2. The van der Waals surface area contributed by atoms with E-state index in [0.717, 1.165) is 83.5 Å². The number of pyridine rings is 1. The highest BCUT2D eigenvalue weighted by Gasteiger charge is 2.50. The van der Waals surface area contributed by atoms with Gasteiger partial charge >= 0.3 is 0 Å². The van der Waals surface area contributed by atoms with E-state index < -0.39 is 0 Å². The smallest absolute Gasteiger partial charge is 0.230 e. The minimum atomic E-state index is -0.233. The van der Waals surface area contributed by atoms with Crippen LogP contribution in [0.4, 0.5) is 11.5 Å². The van der Waals surface area contributed by atoms with E-state index >= 15 is 0 Å². The van der Waals surface area contributed by atoms with Crippen LogP contribution in [0.3, 0.4) is 0 Å². The first-order valence-corrected chi connectivity index (χ1v) is 11.6. The summed E-state index contributed by atoms with van der Waals surface area (Å²) in [7, 11) is 0. The first kappa shape index (κ1) is 19.2. The van der Waals surface area contributed by atoms with Crippen LogP contribution >= 0.6 is 0 Å². The van der Waals surface area contributed by atoms with Crippen molar-refractivity contribution in [1.29, 1.82) is 0 Å². The SMILES string of the molecule is O=C1N(C2CCC(O)CC2)CC[C@@]12CCCN(c1ccc(N3CCCC3)cn1)C2. The monoisotopic (exact) mass is 398 g/mol. The molecule has 3 saturated heterocycles. The average molecular weight is 399 g/mol. The molecule has 1 N–H and O–H groups in total. The maximum Gasteiger partial charge on any atom is 0.230 e. The van der Waals surface area contributed by atoms with Crippen LogP contribution in [0.1, 0.15) is 57.8 Å². The summed E-state index contributed by atoms with van der Waals surface area (Å²) in [5, 5.41) is 9.81. The van der Waals surface area contributed by atoms with Crippen molar-refractivity contribution < 1.29 is 9.90 Å². The zero-order valence-electron chi connectivity index (χ0n) is 17.4. The zero-order chi connectivity index (χ0) is 19.8.